The molecule has 28 heavy (non-hydrogen) atoms. The number of likely N-dealkylation sites (tertiary alicyclic amines) is 1. The topological polar surface area (TPSA) is 75.9 Å². The zero-order valence-corrected chi connectivity index (χ0v) is 16.9. The molecule has 1 fully saturated rings. The van der Waals surface area contributed by atoms with Gasteiger partial charge in [0.15, 0.2) is 0 Å². The molecule has 1 atom stereocenters. The summed E-state index contributed by atoms with van der Waals surface area (Å²) < 4.78 is 2.00. The quantitative estimate of drug-likeness (QED) is 0.857. The highest BCUT2D eigenvalue weighted by Crippen LogP contribution is 2.26. The van der Waals surface area contributed by atoms with Gasteiger partial charge in [-0.25, -0.2) is 9.97 Å². The highest BCUT2D eigenvalue weighted by Gasteiger charge is 2.27. The Morgan fingerprint density at radius 1 is 1.36 bits per heavy atom. The van der Waals surface area contributed by atoms with E-state index in [9.17, 15) is 4.79 Å². The molecule has 1 saturated heterocycles. The van der Waals surface area contributed by atoms with E-state index in [2.05, 4.69) is 28.4 Å². The van der Waals surface area contributed by atoms with Crippen LogP contribution in [0.15, 0.2) is 12.3 Å². The van der Waals surface area contributed by atoms with Crippen LogP contribution in [0, 0.1) is 13.8 Å². The van der Waals surface area contributed by atoms with Gasteiger partial charge in [0.05, 0.1) is 5.69 Å². The largest absolute Gasteiger partial charge is 0.342 e. The molecule has 7 nitrogen and oxygen atoms in total. The van der Waals surface area contributed by atoms with Gasteiger partial charge in [0.2, 0.25) is 5.91 Å². The van der Waals surface area contributed by atoms with Crippen molar-refractivity contribution in [3.8, 4) is 0 Å². The van der Waals surface area contributed by atoms with Gasteiger partial charge in [0, 0.05) is 74.6 Å². The number of nitrogens with one attached hydrogen (secondary N) is 1. The van der Waals surface area contributed by atoms with Crippen molar-refractivity contribution in [2.24, 2.45) is 0 Å². The molecule has 2 aliphatic heterocycles. The first-order valence-electron chi connectivity index (χ1n) is 10.4. The fraction of sp³-hybridized carbons (Fsp3) is 0.619. The lowest BCUT2D eigenvalue weighted by Gasteiger charge is -2.32. The van der Waals surface area contributed by atoms with Crippen molar-refractivity contribution in [2.75, 3.05) is 19.6 Å². The van der Waals surface area contributed by atoms with Crippen molar-refractivity contribution in [3.05, 3.63) is 40.7 Å². The third kappa shape index (κ3) is 4.24. The maximum atomic E-state index is 12.7. The van der Waals surface area contributed by atoms with Crippen LogP contribution in [0.2, 0.25) is 0 Å². The van der Waals surface area contributed by atoms with E-state index in [0.29, 0.717) is 6.42 Å². The summed E-state index contributed by atoms with van der Waals surface area (Å²) >= 11 is 0. The Balaban J connectivity index is 1.33. The smallest absolute Gasteiger partial charge is 0.222 e. The summed E-state index contributed by atoms with van der Waals surface area (Å²) in [6, 6.07) is 2.08. The van der Waals surface area contributed by atoms with Gasteiger partial charge in [0.1, 0.15) is 5.82 Å². The summed E-state index contributed by atoms with van der Waals surface area (Å²) in [6.45, 7) is 8.30. The van der Waals surface area contributed by atoms with Crippen molar-refractivity contribution < 1.29 is 4.79 Å². The van der Waals surface area contributed by atoms with Gasteiger partial charge in [-0.2, -0.15) is 5.10 Å². The number of rotatable bonds is 5. The predicted molar refractivity (Wildman–Crippen MR) is 107 cm³/mol. The van der Waals surface area contributed by atoms with Crippen LogP contribution in [-0.4, -0.2) is 50.2 Å². The molecule has 0 radical (unpaired) electrons. The van der Waals surface area contributed by atoms with Crippen LogP contribution < -0.4 is 5.32 Å². The molecular weight excluding hydrogens is 352 g/mol. The molecule has 1 amide bonds. The fourth-order valence-corrected chi connectivity index (χ4v) is 4.30. The summed E-state index contributed by atoms with van der Waals surface area (Å²) in [6.07, 6.45) is 6.42. The van der Waals surface area contributed by atoms with Crippen LogP contribution in [0.3, 0.4) is 0 Å². The zero-order valence-electron chi connectivity index (χ0n) is 16.9. The van der Waals surface area contributed by atoms with E-state index in [1.54, 1.807) is 0 Å². The Labute approximate surface area is 166 Å². The van der Waals surface area contributed by atoms with Gasteiger partial charge >= 0.3 is 0 Å². The number of carbonyl (C=O) groups is 1. The SMILES string of the molecule is Cc1cc(C)n(CCCC(=O)N2CCC[C@@H](c3ncc4c(n3)CCNC4)C2)n1. The third-order valence-electron chi connectivity index (χ3n) is 5.83. The first-order valence-corrected chi connectivity index (χ1v) is 10.4. The van der Waals surface area contributed by atoms with Crippen LogP contribution in [0.25, 0.3) is 0 Å². The lowest BCUT2D eigenvalue weighted by molar-refractivity contribution is -0.132. The minimum Gasteiger partial charge on any atom is -0.342 e. The number of amides is 1. The molecule has 0 unspecified atom stereocenters. The van der Waals surface area contributed by atoms with Crippen LogP contribution in [0.4, 0.5) is 0 Å². The Morgan fingerprint density at radius 3 is 3.07 bits per heavy atom. The van der Waals surface area contributed by atoms with Crippen LogP contribution >= 0.6 is 0 Å². The van der Waals surface area contributed by atoms with E-state index in [1.165, 1.54) is 11.3 Å². The fourth-order valence-electron chi connectivity index (χ4n) is 4.30. The van der Waals surface area contributed by atoms with Gasteiger partial charge in [-0.15, -0.1) is 0 Å². The zero-order chi connectivity index (χ0) is 19.5. The van der Waals surface area contributed by atoms with E-state index in [4.69, 9.17) is 4.98 Å². The number of fused-ring (bicyclic) bond motifs is 1. The average Bonchev–Trinajstić information content (AvgIpc) is 3.04. The molecule has 2 aliphatic rings. The molecule has 1 N–H and O–H groups in total. The molecule has 2 aromatic heterocycles. The molecule has 2 aromatic rings. The number of nitrogens with zero attached hydrogens (tertiary/aromatic N) is 5. The van der Waals surface area contributed by atoms with Gasteiger partial charge < -0.3 is 10.2 Å². The van der Waals surface area contributed by atoms with Crippen LogP contribution in [-0.2, 0) is 24.3 Å². The molecule has 0 spiro atoms. The second kappa shape index (κ2) is 8.39. The number of hydrogen-bond donors (Lipinski definition) is 1. The number of aromatic nitrogens is 4. The van der Waals surface area contributed by atoms with Crippen molar-refractivity contribution in [1.29, 1.82) is 0 Å². The van der Waals surface area contributed by atoms with Crippen molar-refractivity contribution in [1.82, 2.24) is 30.0 Å². The molecule has 0 aliphatic carbocycles. The number of hydrogen-bond acceptors (Lipinski definition) is 5. The third-order valence-corrected chi connectivity index (χ3v) is 5.83. The van der Waals surface area contributed by atoms with E-state index >= 15 is 0 Å². The van der Waals surface area contributed by atoms with Crippen molar-refractivity contribution >= 4 is 5.91 Å². The molecule has 7 heteroatoms. The van der Waals surface area contributed by atoms with Gasteiger partial charge in [-0.3, -0.25) is 9.48 Å². The second-order valence-corrected chi connectivity index (χ2v) is 8.06. The predicted octanol–water partition coefficient (Wildman–Crippen LogP) is 2.12. The van der Waals surface area contributed by atoms with Crippen molar-refractivity contribution in [3.63, 3.8) is 0 Å². The standard InChI is InChI=1S/C21H30N6O/c1-15-11-16(2)27(25-15)10-4-6-20(28)26-9-3-5-17(14-26)21-23-13-18-12-22-8-7-19(18)24-21/h11,13,17,22H,3-10,12,14H2,1-2H3/t17-/m1/s1. The lowest BCUT2D eigenvalue weighted by Crippen LogP contribution is -2.39. The van der Waals surface area contributed by atoms with Gasteiger partial charge in [-0.1, -0.05) is 0 Å². The van der Waals surface area contributed by atoms with Gasteiger partial charge in [-0.05, 0) is 39.2 Å². The molecule has 0 bridgehead atoms. The minimum atomic E-state index is 0.244. The van der Waals surface area contributed by atoms with Crippen LogP contribution in [0.1, 0.15) is 60.1 Å². The summed E-state index contributed by atoms with van der Waals surface area (Å²) in [5, 5.41) is 7.84. The molecule has 4 heterocycles. The number of aryl methyl sites for hydroxylation is 3. The Bertz CT molecular complexity index is 845. The highest BCUT2D eigenvalue weighted by molar-refractivity contribution is 5.76. The molecule has 0 saturated carbocycles. The van der Waals surface area contributed by atoms with Crippen molar-refractivity contribution in [2.45, 2.75) is 65.0 Å². The van der Waals surface area contributed by atoms with E-state index in [0.717, 1.165) is 75.6 Å². The summed E-state index contributed by atoms with van der Waals surface area (Å²) in [4.78, 5) is 24.2. The number of piperidine rings is 1. The lowest BCUT2D eigenvalue weighted by atomic mass is 9.96. The first-order chi connectivity index (χ1) is 13.6. The van der Waals surface area contributed by atoms with E-state index in [-0.39, 0.29) is 11.8 Å². The highest BCUT2D eigenvalue weighted by atomic mass is 16.2. The van der Waals surface area contributed by atoms with Gasteiger partial charge in [0.25, 0.3) is 0 Å². The Hall–Kier alpha value is -2.28. The Morgan fingerprint density at radius 2 is 2.25 bits per heavy atom. The molecular formula is C21H30N6O. The molecule has 0 aromatic carbocycles. The summed E-state index contributed by atoms with van der Waals surface area (Å²) in [5.74, 6) is 1.42. The summed E-state index contributed by atoms with van der Waals surface area (Å²) in [5.41, 5.74) is 4.58. The normalized spacial score (nSPS) is 19.5. The monoisotopic (exact) mass is 382 g/mol. The Kier molecular flexibility index (Phi) is 5.71. The maximum absolute atomic E-state index is 12.7. The van der Waals surface area contributed by atoms with E-state index in [1.807, 2.05) is 22.7 Å². The number of carbonyl (C=O) groups excluding carboxylic acids is 1. The maximum Gasteiger partial charge on any atom is 0.222 e. The van der Waals surface area contributed by atoms with E-state index < -0.39 is 0 Å². The second-order valence-electron chi connectivity index (χ2n) is 8.06. The molecule has 4 rings (SSSR count). The van der Waals surface area contributed by atoms with Crippen LogP contribution in [0.5, 0.6) is 0 Å². The average molecular weight is 383 g/mol. The minimum absolute atomic E-state index is 0.244. The summed E-state index contributed by atoms with van der Waals surface area (Å²) in [7, 11) is 0. The molecule has 150 valence electrons. The first kappa shape index (κ1) is 19.1.